The Labute approximate surface area is 91.0 Å². The molecule has 0 aromatic heterocycles. The zero-order valence-corrected chi connectivity index (χ0v) is 9.16. The summed E-state index contributed by atoms with van der Waals surface area (Å²) in [4.78, 5) is 0. The van der Waals surface area contributed by atoms with Crippen molar-refractivity contribution in [1.82, 2.24) is 0 Å². The second-order valence-electron chi connectivity index (χ2n) is 4.07. The predicted molar refractivity (Wildman–Crippen MR) is 66.7 cm³/mol. The fraction of sp³-hybridized carbons (Fsp3) is 0.200. The van der Waals surface area contributed by atoms with E-state index in [0.29, 0.717) is 5.92 Å². The Bertz CT molecular complexity index is 517. The van der Waals surface area contributed by atoms with Crippen LogP contribution in [0, 0.1) is 5.92 Å². The van der Waals surface area contributed by atoms with Gasteiger partial charge in [-0.05, 0) is 33.9 Å². The molecule has 0 heterocycles. The minimum atomic E-state index is 0.547. The van der Waals surface area contributed by atoms with E-state index < -0.39 is 0 Å². The van der Waals surface area contributed by atoms with Crippen LogP contribution in [0.4, 0.5) is 0 Å². The zero-order valence-electron chi connectivity index (χ0n) is 9.16. The summed E-state index contributed by atoms with van der Waals surface area (Å²) in [5.74, 6) is 0.547. The molecule has 1 unspecified atom stereocenters. The number of hydrogen-bond donors (Lipinski definition) is 0. The maximum absolute atomic E-state index is 4.08. The van der Waals surface area contributed by atoms with E-state index in [2.05, 4.69) is 50.4 Å². The average molecular weight is 196 g/mol. The highest BCUT2D eigenvalue weighted by Gasteiger charge is 2.13. The van der Waals surface area contributed by atoms with Crippen molar-refractivity contribution in [2.45, 2.75) is 13.3 Å². The van der Waals surface area contributed by atoms with Crippen molar-refractivity contribution in [3.05, 3.63) is 59.5 Å². The molecule has 0 fully saturated rings. The van der Waals surface area contributed by atoms with E-state index in [4.69, 9.17) is 0 Å². The molecule has 0 bridgehead atoms. The van der Waals surface area contributed by atoms with Gasteiger partial charge in [0.15, 0.2) is 0 Å². The minimum absolute atomic E-state index is 0.547. The SMILES string of the molecule is C=CC(=C)C1=c2ccccc2=CCC1C. The van der Waals surface area contributed by atoms with Crippen LogP contribution in [0.15, 0.2) is 49.1 Å². The van der Waals surface area contributed by atoms with Crippen LogP contribution in [0.5, 0.6) is 0 Å². The highest BCUT2D eigenvalue weighted by Crippen LogP contribution is 2.23. The van der Waals surface area contributed by atoms with Crippen molar-refractivity contribution in [2.75, 3.05) is 0 Å². The van der Waals surface area contributed by atoms with Gasteiger partial charge in [0.05, 0.1) is 0 Å². The summed E-state index contributed by atoms with van der Waals surface area (Å²) in [6.45, 7) is 10.1. The van der Waals surface area contributed by atoms with E-state index in [9.17, 15) is 0 Å². The summed E-state index contributed by atoms with van der Waals surface area (Å²) in [5.41, 5.74) is 2.41. The van der Waals surface area contributed by atoms with Gasteiger partial charge in [-0.1, -0.05) is 56.5 Å². The van der Waals surface area contributed by atoms with Gasteiger partial charge >= 0.3 is 0 Å². The number of fused-ring (bicyclic) bond motifs is 1. The molecule has 0 saturated heterocycles. The van der Waals surface area contributed by atoms with Crippen LogP contribution >= 0.6 is 0 Å². The molecule has 76 valence electrons. The van der Waals surface area contributed by atoms with Crippen molar-refractivity contribution in [3.8, 4) is 0 Å². The summed E-state index contributed by atoms with van der Waals surface area (Å²) in [5, 5.41) is 2.65. The Kier molecular flexibility index (Phi) is 2.59. The molecule has 1 aliphatic rings. The first-order valence-corrected chi connectivity index (χ1v) is 5.35. The molecule has 0 heteroatoms. The zero-order chi connectivity index (χ0) is 10.8. The van der Waals surface area contributed by atoms with E-state index in [1.807, 2.05) is 6.08 Å². The molecule has 15 heavy (non-hydrogen) atoms. The van der Waals surface area contributed by atoms with Gasteiger partial charge in [-0.25, -0.2) is 0 Å². The molecular formula is C15H16. The Hall–Kier alpha value is -1.56. The standard InChI is InChI=1S/C15H16/c1-4-11(2)15-12(3)9-10-13-7-5-6-8-14(13)15/h4-8,10,12H,1-2,9H2,3H3. The highest BCUT2D eigenvalue weighted by atomic mass is 14.2. The Morgan fingerprint density at radius 2 is 2.13 bits per heavy atom. The van der Waals surface area contributed by atoms with Gasteiger partial charge in [0, 0.05) is 0 Å². The lowest BCUT2D eigenvalue weighted by atomic mass is 9.86. The molecular weight excluding hydrogens is 180 g/mol. The summed E-state index contributed by atoms with van der Waals surface area (Å²) >= 11 is 0. The minimum Gasteiger partial charge on any atom is -0.0985 e. The highest BCUT2D eigenvalue weighted by molar-refractivity contribution is 5.70. The maximum Gasteiger partial charge on any atom is -0.0144 e. The first-order chi connectivity index (χ1) is 7.24. The van der Waals surface area contributed by atoms with Gasteiger partial charge in [0.25, 0.3) is 0 Å². The number of rotatable bonds is 2. The first-order valence-electron chi connectivity index (χ1n) is 5.35. The number of allylic oxidation sites excluding steroid dienone is 2. The van der Waals surface area contributed by atoms with E-state index in [1.165, 1.54) is 16.0 Å². The molecule has 0 nitrogen and oxygen atoms in total. The summed E-state index contributed by atoms with van der Waals surface area (Å²) < 4.78 is 0. The number of benzene rings is 1. The van der Waals surface area contributed by atoms with Gasteiger partial charge in [-0.15, -0.1) is 0 Å². The van der Waals surface area contributed by atoms with Gasteiger partial charge in [-0.3, -0.25) is 0 Å². The van der Waals surface area contributed by atoms with Crippen LogP contribution in [0.3, 0.4) is 0 Å². The van der Waals surface area contributed by atoms with Crippen molar-refractivity contribution >= 4 is 11.6 Å². The van der Waals surface area contributed by atoms with E-state index in [1.54, 1.807) is 0 Å². The smallest absolute Gasteiger partial charge is 0.0144 e. The first kappa shape index (κ1) is 9.97. The molecule has 1 aromatic carbocycles. The lowest BCUT2D eigenvalue weighted by molar-refractivity contribution is 0.774. The third kappa shape index (κ3) is 1.68. The lowest BCUT2D eigenvalue weighted by Crippen LogP contribution is -2.32. The van der Waals surface area contributed by atoms with Gasteiger partial charge in [0.1, 0.15) is 0 Å². The molecule has 1 aliphatic carbocycles. The Morgan fingerprint density at radius 1 is 1.40 bits per heavy atom. The normalized spacial score (nSPS) is 19.0. The van der Waals surface area contributed by atoms with Gasteiger partial charge in [0.2, 0.25) is 0 Å². The third-order valence-corrected chi connectivity index (χ3v) is 3.03. The van der Waals surface area contributed by atoms with Crippen molar-refractivity contribution in [1.29, 1.82) is 0 Å². The second kappa shape index (κ2) is 3.90. The lowest BCUT2D eigenvalue weighted by Gasteiger charge is -2.18. The summed E-state index contributed by atoms with van der Waals surface area (Å²) in [6.07, 6.45) is 5.26. The van der Waals surface area contributed by atoms with E-state index >= 15 is 0 Å². The molecule has 0 N–H and O–H groups in total. The van der Waals surface area contributed by atoms with Gasteiger partial charge in [-0.2, -0.15) is 0 Å². The molecule has 0 amide bonds. The monoisotopic (exact) mass is 196 g/mol. The van der Waals surface area contributed by atoms with Crippen LogP contribution in [-0.4, -0.2) is 0 Å². The molecule has 0 saturated carbocycles. The topological polar surface area (TPSA) is 0 Å². The quantitative estimate of drug-likeness (QED) is 0.637. The van der Waals surface area contributed by atoms with Crippen LogP contribution in [-0.2, 0) is 0 Å². The Balaban J connectivity index is 2.81. The fourth-order valence-corrected chi connectivity index (χ4v) is 2.21. The molecule has 2 rings (SSSR count). The number of hydrogen-bond acceptors (Lipinski definition) is 0. The largest absolute Gasteiger partial charge is 0.0985 e. The molecule has 0 aliphatic heterocycles. The van der Waals surface area contributed by atoms with Crippen LogP contribution < -0.4 is 10.4 Å². The summed E-state index contributed by atoms with van der Waals surface area (Å²) in [7, 11) is 0. The second-order valence-corrected chi connectivity index (χ2v) is 4.07. The fourth-order valence-electron chi connectivity index (χ4n) is 2.21. The van der Waals surface area contributed by atoms with Crippen molar-refractivity contribution in [2.24, 2.45) is 5.92 Å². The van der Waals surface area contributed by atoms with Crippen LogP contribution in [0.1, 0.15) is 13.3 Å². The Morgan fingerprint density at radius 3 is 2.87 bits per heavy atom. The molecule has 0 radical (unpaired) electrons. The van der Waals surface area contributed by atoms with Crippen LogP contribution in [0.25, 0.3) is 11.6 Å². The molecule has 1 atom stereocenters. The third-order valence-electron chi connectivity index (χ3n) is 3.03. The average Bonchev–Trinajstić information content (AvgIpc) is 2.28. The summed E-state index contributed by atoms with van der Waals surface area (Å²) in [6, 6.07) is 8.50. The van der Waals surface area contributed by atoms with Crippen molar-refractivity contribution in [3.63, 3.8) is 0 Å². The molecule has 1 aromatic rings. The van der Waals surface area contributed by atoms with Crippen molar-refractivity contribution < 1.29 is 0 Å². The predicted octanol–water partition coefficient (Wildman–Crippen LogP) is 2.40. The van der Waals surface area contributed by atoms with E-state index in [0.717, 1.165) is 12.0 Å². The van der Waals surface area contributed by atoms with Crippen LogP contribution in [0.2, 0.25) is 0 Å². The molecule has 0 spiro atoms. The van der Waals surface area contributed by atoms with Gasteiger partial charge < -0.3 is 0 Å². The van der Waals surface area contributed by atoms with E-state index in [-0.39, 0.29) is 0 Å². The maximum atomic E-state index is 4.08.